The summed E-state index contributed by atoms with van der Waals surface area (Å²) in [7, 11) is 0. The highest BCUT2D eigenvalue weighted by Crippen LogP contribution is 2.11. The molecule has 4 heteroatoms. The van der Waals surface area contributed by atoms with E-state index in [1.807, 2.05) is 0 Å². The maximum absolute atomic E-state index is 9.76. The van der Waals surface area contributed by atoms with Crippen LogP contribution in [0.2, 0.25) is 0 Å². The summed E-state index contributed by atoms with van der Waals surface area (Å²) in [6.07, 6.45) is 14.2. The van der Waals surface area contributed by atoms with Crippen molar-refractivity contribution in [1.82, 2.24) is 9.80 Å². The fourth-order valence-corrected chi connectivity index (χ4v) is 3.56. The number of hydrogen-bond acceptors (Lipinski definition) is 4. The zero-order valence-electron chi connectivity index (χ0n) is 16.1. The highest BCUT2D eigenvalue weighted by Gasteiger charge is 2.18. The second-order valence-corrected chi connectivity index (χ2v) is 7.49. The fourth-order valence-electron chi connectivity index (χ4n) is 3.56. The van der Waals surface area contributed by atoms with E-state index in [9.17, 15) is 5.11 Å². The Labute approximate surface area is 150 Å². The van der Waals surface area contributed by atoms with Crippen LogP contribution in [0.1, 0.15) is 77.6 Å². The largest absolute Gasteiger partial charge is 0.396 e. The first-order valence-electron chi connectivity index (χ1n) is 10.5. The van der Waals surface area contributed by atoms with Crippen molar-refractivity contribution in [2.45, 2.75) is 83.7 Å². The Morgan fingerprint density at radius 2 is 1.25 bits per heavy atom. The molecule has 144 valence electrons. The summed E-state index contributed by atoms with van der Waals surface area (Å²) in [5, 5.41) is 18.6. The van der Waals surface area contributed by atoms with Crippen LogP contribution in [-0.4, -0.2) is 72.0 Å². The van der Waals surface area contributed by atoms with Gasteiger partial charge in [-0.1, -0.05) is 64.7 Å². The molecule has 0 bridgehead atoms. The normalized spacial score (nSPS) is 18.1. The first-order valence-corrected chi connectivity index (χ1v) is 10.5. The summed E-state index contributed by atoms with van der Waals surface area (Å²) >= 11 is 0. The Balaban J connectivity index is 1.88. The Morgan fingerprint density at radius 1 is 0.750 bits per heavy atom. The first-order chi connectivity index (χ1) is 11.8. The van der Waals surface area contributed by atoms with Gasteiger partial charge in [-0.3, -0.25) is 4.90 Å². The zero-order chi connectivity index (χ0) is 17.5. The molecule has 0 aromatic heterocycles. The molecule has 1 unspecified atom stereocenters. The van der Waals surface area contributed by atoms with E-state index in [0.29, 0.717) is 13.0 Å². The zero-order valence-corrected chi connectivity index (χ0v) is 16.1. The van der Waals surface area contributed by atoms with Crippen LogP contribution >= 0.6 is 0 Å². The predicted octanol–water partition coefficient (Wildman–Crippen LogP) is 3.27. The SMILES string of the molecule is CCCCCCCCCCCCN1CCN(CC(O)CCO)CC1. The average molecular weight is 343 g/mol. The molecule has 0 aromatic rings. The second kappa shape index (κ2) is 15.1. The molecule has 0 aromatic carbocycles. The summed E-state index contributed by atoms with van der Waals surface area (Å²) in [6.45, 7) is 8.68. The lowest BCUT2D eigenvalue weighted by molar-refractivity contribution is 0.0588. The minimum atomic E-state index is -0.372. The Bertz CT molecular complexity index is 268. The monoisotopic (exact) mass is 342 g/mol. The lowest BCUT2D eigenvalue weighted by Gasteiger charge is -2.35. The highest BCUT2D eigenvalue weighted by molar-refractivity contribution is 4.74. The van der Waals surface area contributed by atoms with Gasteiger partial charge in [0, 0.05) is 39.3 Å². The third-order valence-electron chi connectivity index (χ3n) is 5.22. The van der Waals surface area contributed by atoms with Crippen molar-refractivity contribution in [3.63, 3.8) is 0 Å². The molecule has 0 saturated carbocycles. The van der Waals surface area contributed by atoms with E-state index in [2.05, 4.69) is 16.7 Å². The molecule has 1 heterocycles. The van der Waals surface area contributed by atoms with Gasteiger partial charge >= 0.3 is 0 Å². The van der Waals surface area contributed by atoms with Gasteiger partial charge < -0.3 is 15.1 Å². The van der Waals surface area contributed by atoms with Gasteiger partial charge in [0.1, 0.15) is 0 Å². The van der Waals surface area contributed by atoms with Crippen molar-refractivity contribution in [1.29, 1.82) is 0 Å². The van der Waals surface area contributed by atoms with Crippen molar-refractivity contribution in [2.24, 2.45) is 0 Å². The molecule has 2 N–H and O–H groups in total. The molecular weight excluding hydrogens is 300 g/mol. The standard InChI is InChI=1S/C20H42N2O2/c1-2-3-4-5-6-7-8-9-10-11-13-21-14-16-22(17-15-21)19-20(24)12-18-23/h20,23-24H,2-19H2,1H3. The number of aliphatic hydroxyl groups is 2. The van der Waals surface area contributed by atoms with Crippen LogP contribution < -0.4 is 0 Å². The van der Waals surface area contributed by atoms with E-state index >= 15 is 0 Å². The van der Waals surface area contributed by atoms with Gasteiger partial charge in [0.15, 0.2) is 0 Å². The summed E-state index contributed by atoms with van der Waals surface area (Å²) in [5.74, 6) is 0. The van der Waals surface area contributed by atoms with Crippen LogP contribution in [0.25, 0.3) is 0 Å². The van der Waals surface area contributed by atoms with Crippen LogP contribution in [0.5, 0.6) is 0 Å². The molecule has 1 aliphatic rings. The first kappa shape index (κ1) is 21.9. The van der Waals surface area contributed by atoms with E-state index in [-0.39, 0.29) is 12.7 Å². The lowest BCUT2D eigenvalue weighted by Crippen LogP contribution is -2.48. The van der Waals surface area contributed by atoms with E-state index < -0.39 is 0 Å². The minimum absolute atomic E-state index is 0.0832. The quantitative estimate of drug-likeness (QED) is 0.448. The second-order valence-electron chi connectivity index (χ2n) is 7.49. The number of unbranched alkanes of at least 4 members (excludes halogenated alkanes) is 9. The van der Waals surface area contributed by atoms with Crippen LogP contribution in [0, 0.1) is 0 Å². The third kappa shape index (κ3) is 11.4. The summed E-state index contributed by atoms with van der Waals surface area (Å²) in [5.41, 5.74) is 0. The molecule has 4 nitrogen and oxygen atoms in total. The predicted molar refractivity (Wildman–Crippen MR) is 102 cm³/mol. The van der Waals surface area contributed by atoms with Crippen molar-refractivity contribution < 1.29 is 10.2 Å². The molecule has 24 heavy (non-hydrogen) atoms. The Morgan fingerprint density at radius 3 is 1.79 bits per heavy atom. The number of piperazine rings is 1. The minimum Gasteiger partial charge on any atom is -0.396 e. The fraction of sp³-hybridized carbons (Fsp3) is 1.00. The topological polar surface area (TPSA) is 46.9 Å². The summed E-state index contributed by atoms with van der Waals surface area (Å²) < 4.78 is 0. The van der Waals surface area contributed by atoms with Gasteiger partial charge in [-0.25, -0.2) is 0 Å². The maximum atomic E-state index is 9.76. The third-order valence-corrected chi connectivity index (χ3v) is 5.22. The van der Waals surface area contributed by atoms with Crippen molar-refractivity contribution in [2.75, 3.05) is 45.9 Å². The van der Waals surface area contributed by atoms with E-state index in [4.69, 9.17) is 5.11 Å². The molecule has 0 amide bonds. The highest BCUT2D eigenvalue weighted by atomic mass is 16.3. The molecule has 1 aliphatic heterocycles. The smallest absolute Gasteiger partial charge is 0.0689 e. The summed E-state index contributed by atoms with van der Waals surface area (Å²) in [4.78, 5) is 4.90. The van der Waals surface area contributed by atoms with Crippen LogP contribution in [0.15, 0.2) is 0 Å². The number of β-amino-alcohol motifs (C(OH)–C–C–N with tert-alkyl or cyclic N) is 1. The molecular formula is C20H42N2O2. The van der Waals surface area contributed by atoms with Crippen LogP contribution in [-0.2, 0) is 0 Å². The molecule has 1 atom stereocenters. The van der Waals surface area contributed by atoms with E-state index in [0.717, 1.165) is 26.2 Å². The van der Waals surface area contributed by atoms with Crippen molar-refractivity contribution in [3.8, 4) is 0 Å². The van der Waals surface area contributed by atoms with Gasteiger partial charge in [0.25, 0.3) is 0 Å². The Hall–Kier alpha value is -0.160. The number of rotatable bonds is 15. The summed E-state index contributed by atoms with van der Waals surface area (Å²) in [6, 6.07) is 0. The maximum Gasteiger partial charge on any atom is 0.0689 e. The Kier molecular flexibility index (Phi) is 13.8. The van der Waals surface area contributed by atoms with Gasteiger partial charge in [-0.05, 0) is 19.4 Å². The van der Waals surface area contributed by atoms with Crippen molar-refractivity contribution in [3.05, 3.63) is 0 Å². The number of hydrogen-bond donors (Lipinski definition) is 2. The molecule has 1 saturated heterocycles. The molecule has 0 radical (unpaired) electrons. The van der Waals surface area contributed by atoms with Crippen molar-refractivity contribution >= 4 is 0 Å². The van der Waals surface area contributed by atoms with E-state index in [1.165, 1.54) is 70.8 Å². The number of nitrogens with zero attached hydrogens (tertiary/aromatic N) is 2. The molecule has 0 aliphatic carbocycles. The average Bonchev–Trinajstić information content (AvgIpc) is 2.58. The number of aliphatic hydroxyl groups excluding tert-OH is 2. The lowest BCUT2D eigenvalue weighted by atomic mass is 10.1. The van der Waals surface area contributed by atoms with Crippen LogP contribution in [0.4, 0.5) is 0 Å². The molecule has 0 spiro atoms. The van der Waals surface area contributed by atoms with Gasteiger partial charge in [-0.2, -0.15) is 0 Å². The van der Waals surface area contributed by atoms with E-state index in [1.54, 1.807) is 0 Å². The van der Waals surface area contributed by atoms with Gasteiger partial charge in [0.05, 0.1) is 6.10 Å². The van der Waals surface area contributed by atoms with Gasteiger partial charge in [0.2, 0.25) is 0 Å². The molecule has 1 fully saturated rings. The van der Waals surface area contributed by atoms with Gasteiger partial charge in [-0.15, -0.1) is 0 Å². The van der Waals surface area contributed by atoms with Crippen LogP contribution in [0.3, 0.4) is 0 Å². The molecule has 1 rings (SSSR count).